The molecule has 2 rings (SSSR count). The van der Waals surface area contributed by atoms with E-state index < -0.39 is 58.9 Å². The standard InChI is InChI=1S/C16H8F9O2/c17-14(18,19)9-1-2-12(26)13(6-9)27-7-8-3-10(15(20,21)22)5-11(4-8)16(23,24)25/h1-6H,7H2. The molecule has 0 saturated carbocycles. The fourth-order valence-corrected chi connectivity index (χ4v) is 2.06. The average Bonchev–Trinajstić information content (AvgIpc) is 2.51. The van der Waals surface area contributed by atoms with Gasteiger partial charge in [0.15, 0.2) is 5.75 Å². The highest BCUT2D eigenvalue weighted by Gasteiger charge is 2.37. The molecule has 2 aromatic carbocycles. The van der Waals surface area contributed by atoms with Crippen LogP contribution in [0.3, 0.4) is 0 Å². The van der Waals surface area contributed by atoms with Gasteiger partial charge in [-0.05, 0) is 42.0 Å². The maximum Gasteiger partial charge on any atom is 0.416 e. The Balaban J connectivity index is 2.35. The molecule has 0 aliphatic heterocycles. The summed E-state index contributed by atoms with van der Waals surface area (Å²) in [5.41, 5.74) is -5.09. The topological polar surface area (TPSA) is 29.1 Å². The molecule has 1 radical (unpaired) electrons. The largest absolute Gasteiger partial charge is 0.485 e. The highest BCUT2D eigenvalue weighted by atomic mass is 19.4. The van der Waals surface area contributed by atoms with Crippen molar-refractivity contribution in [3.63, 3.8) is 0 Å². The van der Waals surface area contributed by atoms with Crippen molar-refractivity contribution in [1.82, 2.24) is 0 Å². The van der Waals surface area contributed by atoms with Crippen LogP contribution >= 0.6 is 0 Å². The molecule has 0 N–H and O–H groups in total. The van der Waals surface area contributed by atoms with Gasteiger partial charge in [-0.3, -0.25) is 5.11 Å². The van der Waals surface area contributed by atoms with E-state index in [-0.39, 0.29) is 6.07 Å². The maximum atomic E-state index is 12.8. The van der Waals surface area contributed by atoms with Crippen LogP contribution in [-0.2, 0) is 30.2 Å². The fraction of sp³-hybridized carbons (Fsp3) is 0.250. The number of ether oxygens (including phenoxy) is 1. The number of benzene rings is 2. The number of rotatable bonds is 3. The highest BCUT2D eigenvalue weighted by molar-refractivity contribution is 5.43. The molecule has 0 saturated heterocycles. The van der Waals surface area contributed by atoms with Crippen molar-refractivity contribution in [1.29, 1.82) is 0 Å². The molecule has 11 heteroatoms. The van der Waals surface area contributed by atoms with Crippen LogP contribution in [-0.4, -0.2) is 0 Å². The van der Waals surface area contributed by atoms with Gasteiger partial charge in [-0.2, -0.15) is 39.5 Å². The first-order chi connectivity index (χ1) is 12.2. The smallest absolute Gasteiger partial charge is 0.416 e. The van der Waals surface area contributed by atoms with E-state index in [4.69, 9.17) is 4.74 Å². The van der Waals surface area contributed by atoms with Crippen molar-refractivity contribution in [3.05, 3.63) is 58.7 Å². The zero-order valence-corrected chi connectivity index (χ0v) is 12.9. The number of halogens is 9. The predicted molar refractivity (Wildman–Crippen MR) is 72.4 cm³/mol. The molecule has 0 spiro atoms. The second-order valence-corrected chi connectivity index (χ2v) is 5.36. The van der Waals surface area contributed by atoms with E-state index in [2.05, 4.69) is 0 Å². The summed E-state index contributed by atoms with van der Waals surface area (Å²) in [4.78, 5) is 0. The lowest BCUT2D eigenvalue weighted by molar-refractivity contribution is -0.143. The van der Waals surface area contributed by atoms with Crippen molar-refractivity contribution in [2.75, 3.05) is 0 Å². The molecule has 2 aromatic rings. The Bertz CT molecular complexity index is 788. The van der Waals surface area contributed by atoms with Gasteiger partial charge in [0.1, 0.15) is 6.61 Å². The second-order valence-electron chi connectivity index (χ2n) is 5.36. The lowest BCUT2D eigenvalue weighted by atomic mass is 10.1. The van der Waals surface area contributed by atoms with Gasteiger partial charge < -0.3 is 4.74 Å². The molecule has 0 aliphatic rings. The first-order valence-corrected chi connectivity index (χ1v) is 6.97. The molecule has 27 heavy (non-hydrogen) atoms. The monoisotopic (exact) mass is 403 g/mol. The third-order valence-electron chi connectivity index (χ3n) is 3.31. The average molecular weight is 403 g/mol. The zero-order chi connectivity index (χ0) is 20.6. The predicted octanol–water partition coefficient (Wildman–Crippen LogP) is 6.47. The third kappa shape index (κ3) is 5.20. The van der Waals surface area contributed by atoms with Crippen LogP contribution in [0.4, 0.5) is 39.5 Å². The minimum atomic E-state index is -5.09. The maximum absolute atomic E-state index is 12.8. The number of alkyl halides is 9. The highest BCUT2D eigenvalue weighted by Crippen LogP contribution is 2.38. The molecule has 2 nitrogen and oxygen atoms in total. The summed E-state index contributed by atoms with van der Waals surface area (Å²) in [7, 11) is 0. The molecular weight excluding hydrogens is 395 g/mol. The Morgan fingerprint density at radius 3 is 1.59 bits per heavy atom. The van der Waals surface area contributed by atoms with Crippen LogP contribution in [0.25, 0.3) is 0 Å². The summed E-state index contributed by atoms with van der Waals surface area (Å²) in [6.07, 6.45) is -15.0. The number of hydrogen-bond donors (Lipinski definition) is 0. The van der Waals surface area contributed by atoms with Crippen molar-refractivity contribution < 1.29 is 49.4 Å². The van der Waals surface area contributed by atoms with Gasteiger partial charge in [-0.1, -0.05) is 0 Å². The summed E-state index contributed by atoms with van der Waals surface area (Å²) in [5.74, 6) is -1.86. The SMILES string of the molecule is [O]c1ccc(C(F)(F)F)cc1OCc1cc(C(F)(F)F)cc(C(F)(F)F)c1. The molecule has 0 aliphatic carbocycles. The zero-order valence-electron chi connectivity index (χ0n) is 12.9. The van der Waals surface area contributed by atoms with Gasteiger partial charge in [0, 0.05) is 0 Å². The van der Waals surface area contributed by atoms with Crippen LogP contribution in [0.5, 0.6) is 11.5 Å². The lowest BCUT2D eigenvalue weighted by Gasteiger charge is -2.15. The summed E-state index contributed by atoms with van der Waals surface area (Å²) < 4.78 is 119. The van der Waals surface area contributed by atoms with E-state index in [1.807, 2.05) is 0 Å². The van der Waals surface area contributed by atoms with E-state index >= 15 is 0 Å². The summed E-state index contributed by atoms with van der Waals surface area (Å²) in [6.45, 7) is -0.969. The minimum Gasteiger partial charge on any atom is -0.485 e. The summed E-state index contributed by atoms with van der Waals surface area (Å²) in [5, 5.41) is 11.5. The van der Waals surface area contributed by atoms with E-state index in [0.29, 0.717) is 30.3 Å². The molecule has 0 heterocycles. The Labute approximate surface area is 145 Å². The van der Waals surface area contributed by atoms with Gasteiger partial charge in [0.2, 0.25) is 5.75 Å². The first-order valence-electron chi connectivity index (χ1n) is 6.97. The summed E-state index contributed by atoms with van der Waals surface area (Å²) >= 11 is 0. The van der Waals surface area contributed by atoms with Crippen molar-refractivity contribution >= 4 is 0 Å². The molecular formula is C16H8F9O2. The van der Waals surface area contributed by atoms with Crippen molar-refractivity contribution in [2.45, 2.75) is 25.1 Å². The molecule has 0 unspecified atom stereocenters. The third-order valence-corrected chi connectivity index (χ3v) is 3.31. The van der Waals surface area contributed by atoms with Crippen LogP contribution in [0.15, 0.2) is 36.4 Å². The molecule has 0 amide bonds. The van der Waals surface area contributed by atoms with Crippen molar-refractivity contribution in [2.24, 2.45) is 0 Å². The van der Waals surface area contributed by atoms with Gasteiger partial charge >= 0.3 is 18.5 Å². The number of hydrogen-bond acceptors (Lipinski definition) is 1. The Kier molecular flexibility index (Phi) is 5.26. The minimum absolute atomic E-state index is 0.104. The normalized spacial score (nSPS) is 12.9. The van der Waals surface area contributed by atoms with E-state index in [1.54, 1.807) is 0 Å². The molecule has 0 fully saturated rings. The van der Waals surface area contributed by atoms with Gasteiger partial charge in [0.05, 0.1) is 16.7 Å². The fourth-order valence-electron chi connectivity index (χ4n) is 2.06. The molecule has 0 bridgehead atoms. The Morgan fingerprint density at radius 1 is 0.667 bits per heavy atom. The first kappa shape index (κ1) is 20.7. The van der Waals surface area contributed by atoms with Gasteiger partial charge in [-0.25, -0.2) is 0 Å². The molecule has 0 aromatic heterocycles. The Hall–Kier alpha value is -2.59. The van der Waals surface area contributed by atoms with Crippen LogP contribution < -0.4 is 4.74 Å². The van der Waals surface area contributed by atoms with Crippen molar-refractivity contribution in [3.8, 4) is 11.5 Å². The van der Waals surface area contributed by atoms with Crippen LogP contribution in [0.1, 0.15) is 22.3 Å². The molecule has 147 valence electrons. The lowest BCUT2D eigenvalue weighted by Crippen LogP contribution is -2.12. The quantitative estimate of drug-likeness (QED) is 0.541. The van der Waals surface area contributed by atoms with Gasteiger partial charge in [-0.15, -0.1) is 0 Å². The Morgan fingerprint density at radius 2 is 1.15 bits per heavy atom. The second kappa shape index (κ2) is 6.86. The summed E-state index contributed by atoms with van der Waals surface area (Å²) in [6, 6.07) is 1.93. The van der Waals surface area contributed by atoms with E-state index in [9.17, 15) is 44.6 Å². The van der Waals surface area contributed by atoms with Crippen LogP contribution in [0, 0.1) is 0 Å². The van der Waals surface area contributed by atoms with Gasteiger partial charge in [0.25, 0.3) is 0 Å². The van der Waals surface area contributed by atoms with E-state index in [1.165, 1.54) is 0 Å². The van der Waals surface area contributed by atoms with E-state index in [0.717, 1.165) is 0 Å². The molecule has 0 atom stereocenters. The van der Waals surface area contributed by atoms with Crippen LogP contribution in [0.2, 0.25) is 0 Å².